The number of non-ortho nitro benzene ring substituents is 1. The van der Waals surface area contributed by atoms with Crippen molar-refractivity contribution in [2.75, 3.05) is 5.32 Å². The van der Waals surface area contributed by atoms with Crippen molar-refractivity contribution in [2.45, 2.75) is 6.92 Å². The number of amides is 1. The molecule has 1 amide bonds. The maximum Gasteiger partial charge on any atom is 0.271 e. The number of para-hydroxylation sites is 1. The number of nitro groups is 1. The van der Waals surface area contributed by atoms with Gasteiger partial charge in [-0.15, -0.1) is 0 Å². The minimum Gasteiger partial charge on any atom is -0.321 e. The maximum absolute atomic E-state index is 12.4. The quantitative estimate of drug-likeness (QED) is 0.589. The first-order chi connectivity index (χ1) is 11.5. The molecule has 0 saturated heterocycles. The number of hydrogen-bond donors (Lipinski definition) is 1. The largest absolute Gasteiger partial charge is 0.321 e. The van der Waals surface area contributed by atoms with Crippen molar-refractivity contribution in [3.05, 3.63) is 82.2 Å². The van der Waals surface area contributed by atoms with Crippen molar-refractivity contribution in [1.82, 2.24) is 9.78 Å². The van der Waals surface area contributed by atoms with Crippen LogP contribution in [0.3, 0.4) is 0 Å². The molecule has 0 saturated carbocycles. The molecule has 1 aromatic heterocycles. The van der Waals surface area contributed by atoms with E-state index >= 15 is 0 Å². The summed E-state index contributed by atoms with van der Waals surface area (Å²) in [6.07, 6.45) is 3.06. The predicted molar refractivity (Wildman–Crippen MR) is 89.4 cm³/mol. The number of nitrogens with one attached hydrogen (secondary N) is 1. The van der Waals surface area contributed by atoms with E-state index in [0.717, 1.165) is 11.3 Å². The van der Waals surface area contributed by atoms with Crippen molar-refractivity contribution in [3.63, 3.8) is 0 Å². The molecule has 7 heteroatoms. The van der Waals surface area contributed by atoms with Gasteiger partial charge in [0.1, 0.15) is 0 Å². The molecule has 1 N–H and O–H groups in total. The summed E-state index contributed by atoms with van der Waals surface area (Å²) in [5, 5.41) is 17.7. The molecule has 2 aromatic carbocycles. The summed E-state index contributed by atoms with van der Waals surface area (Å²) in [7, 11) is 0. The van der Waals surface area contributed by atoms with Crippen LogP contribution in [0.1, 0.15) is 15.9 Å². The van der Waals surface area contributed by atoms with Crippen molar-refractivity contribution in [2.24, 2.45) is 0 Å². The van der Waals surface area contributed by atoms with Crippen LogP contribution < -0.4 is 5.32 Å². The topological polar surface area (TPSA) is 90.1 Å². The van der Waals surface area contributed by atoms with Gasteiger partial charge in [0, 0.05) is 18.3 Å². The van der Waals surface area contributed by atoms with Gasteiger partial charge >= 0.3 is 0 Å². The lowest BCUT2D eigenvalue weighted by molar-refractivity contribution is -0.384. The van der Waals surface area contributed by atoms with Gasteiger partial charge in [0.25, 0.3) is 11.6 Å². The minimum absolute atomic E-state index is 0.0733. The molecule has 7 nitrogen and oxygen atoms in total. The van der Waals surface area contributed by atoms with Crippen LogP contribution in [-0.4, -0.2) is 20.6 Å². The standard InChI is InChI=1S/C17H14N4O3/c1-12-7-8-15(21(23)24)9-16(12)19-17(22)13-10-18-20(11-13)14-5-3-2-4-6-14/h2-11H,1H3,(H,19,22). The molecule has 3 rings (SSSR count). The predicted octanol–water partition coefficient (Wildman–Crippen LogP) is 3.34. The lowest BCUT2D eigenvalue weighted by Crippen LogP contribution is -2.12. The zero-order chi connectivity index (χ0) is 17.1. The first-order valence-electron chi connectivity index (χ1n) is 7.21. The van der Waals surface area contributed by atoms with Crippen LogP contribution in [0, 0.1) is 17.0 Å². The molecular formula is C17H14N4O3. The Morgan fingerprint density at radius 2 is 1.96 bits per heavy atom. The third kappa shape index (κ3) is 3.14. The van der Waals surface area contributed by atoms with Crippen molar-refractivity contribution < 1.29 is 9.72 Å². The number of carbonyl (C=O) groups excluding carboxylic acids is 1. The van der Waals surface area contributed by atoms with E-state index in [-0.39, 0.29) is 11.6 Å². The van der Waals surface area contributed by atoms with Crippen LogP contribution in [0.4, 0.5) is 11.4 Å². The lowest BCUT2D eigenvalue weighted by atomic mass is 10.1. The molecule has 0 aliphatic heterocycles. The van der Waals surface area contributed by atoms with Crippen molar-refractivity contribution in [3.8, 4) is 5.69 Å². The summed E-state index contributed by atoms with van der Waals surface area (Å²) < 4.78 is 1.59. The highest BCUT2D eigenvalue weighted by Crippen LogP contribution is 2.22. The van der Waals surface area contributed by atoms with Crippen LogP contribution in [0.2, 0.25) is 0 Å². The summed E-state index contributed by atoms with van der Waals surface area (Å²) >= 11 is 0. The smallest absolute Gasteiger partial charge is 0.271 e. The highest BCUT2D eigenvalue weighted by Gasteiger charge is 2.14. The zero-order valence-corrected chi connectivity index (χ0v) is 12.8. The van der Waals surface area contributed by atoms with E-state index in [4.69, 9.17) is 0 Å². The Bertz CT molecular complexity index is 903. The van der Waals surface area contributed by atoms with E-state index in [1.165, 1.54) is 18.3 Å². The Balaban J connectivity index is 1.82. The summed E-state index contributed by atoms with van der Waals surface area (Å²) in [5.74, 6) is -0.374. The van der Waals surface area contributed by atoms with Gasteiger partial charge in [-0.25, -0.2) is 4.68 Å². The molecule has 0 atom stereocenters. The van der Waals surface area contributed by atoms with E-state index < -0.39 is 4.92 Å². The highest BCUT2D eigenvalue weighted by atomic mass is 16.6. The second-order valence-electron chi connectivity index (χ2n) is 5.22. The molecule has 0 unspecified atom stereocenters. The van der Waals surface area contributed by atoms with Gasteiger partial charge in [0.05, 0.1) is 28.1 Å². The number of nitrogens with zero attached hydrogens (tertiary/aromatic N) is 3. The third-order valence-corrected chi connectivity index (χ3v) is 3.55. The molecule has 24 heavy (non-hydrogen) atoms. The van der Waals surface area contributed by atoms with Crippen LogP contribution >= 0.6 is 0 Å². The lowest BCUT2D eigenvalue weighted by Gasteiger charge is -2.07. The fraction of sp³-hybridized carbons (Fsp3) is 0.0588. The van der Waals surface area contributed by atoms with Crippen LogP contribution in [0.15, 0.2) is 60.9 Å². The third-order valence-electron chi connectivity index (χ3n) is 3.55. The van der Waals surface area contributed by atoms with E-state index in [9.17, 15) is 14.9 Å². The van der Waals surface area contributed by atoms with E-state index in [2.05, 4.69) is 10.4 Å². The van der Waals surface area contributed by atoms with E-state index in [0.29, 0.717) is 11.3 Å². The van der Waals surface area contributed by atoms with Crippen LogP contribution in [-0.2, 0) is 0 Å². The number of nitro benzene ring substituents is 1. The zero-order valence-electron chi connectivity index (χ0n) is 12.8. The summed E-state index contributed by atoms with van der Waals surface area (Å²) in [5.41, 5.74) is 2.27. The van der Waals surface area contributed by atoms with E-state index in [1.807, 2.05) is 30.3 Å². The molecule has 0 spiro atoms. The van der Waals surface area contributed by atoms with Crippen LogP contribution in [0.5, 0.6) is 0 Å². The van der Waals surface area contributed by atoms with Gasteiger partial charge in [0.15, 0.2) is 0 Å². The Kier molecular flexibility index (Phi) is 4.07. The van der Waals surface area contributed by atoms with Gasteiger partial charge in [-0.2, -0.15) is 5.10 Å². The van der Waals surface area contributed by atoms with Crippen molar-refractivity contribution in [1.29, 1.82) is 0 Å². The first kappa shape index (κ1) is 15.4. The molecule has 0 bridgehead atoms. The molecule has 0 radical (unpaired) electrons. The maximum atomic E-state index is 12.4. The first-order valence-corrected chi connectivity index (χ1v) is 7.21. The Hall–Kier alpha value is -3.48. The molecule has 0 aliphatic carbocycles. The number of hydrogen-bond acceptors (Lipinski definition) is 4. The van der Waals surface area contributed by atoms with Gasteiger partial charge in [-0.1, -0.05) is 24.3 Å². The minimum atomic E-state index is -0.497. The monoisotopic (exact) mass is 322 g/mol. The SMILES string of the molecule is Cc1ccc([N+](=O)[O-])cc1NC(=O)c1cnn(-c2ccccc2)c1. The summed E-state index contributed by atoms with van der Waals surface area (Å²) in [4.78, 5) is 22.7. The van der Waals surface area contributed by atoms with E-state index in [1.54, 1.807) is 23.9 Å². The molecule has 3 aromatic rings. The molecule has 1 heterocycles. The second-order valence-corrected chi connectivity index (χ2v) is 5.22. The normalized spacial score (nSPS) is 10.4. The van der Waals surface area contributed by atoms with Gasteiger partial charge in [-0.05, 0) is 24.6 Å². The number of rotatable bonds is 4. The Labute approximate surface area is 137 Å². The molecular weight excluding hydrogens is 308 g/mol. The van der Waals surface area contributed by atoms with Crippen molar-refractivity contribution >= 4 is 17.3 Å². The molecule has 0 fully saturated rings. The Morgan fingerprint density at radius 3 is 2.67 bits per heavy atom. The number of aromatic nitrogens is 2. The summed E-state index contributed by atoms with van der Waals surface area (Å²) in [6.45, 7) is 1.77. The number of carbonyl (C=O) groups is 1. The number of anilines is 1. The Morgan fingerprint density at radius 1 is 1.21 bits per heavy atom. The average molecular weight is 322 g/mol. The van der Waals surface area contributed by atoms with Gasteiger partial charge < -0.3 is 5.32 Å². The van der Waals surface area contributed by atoms with Crippen LogP contribution in [0.25, 0.3) is 5.69 Å². The summed E-state index contributed by atoms with van der Waals surface area (Å²) in [6, 6.07) is 13.7. The fourth-order valence-corrected chi connectivity index (χ4v) is 2.21. The van der Waals surface area contributed by atoms with Gasteiger partial charge in [-0.3, -0.25) is 14.9 Å². The average Bonchev–Trinajstić information content (AvgIpc) is 3.07. The fourth-order valence-electron chi connectivity index (χ4n) is 2.21. The highest BCUT2D eigenvalue weighted by molar-refractivity contribution is 6.04. The molecule has 0 aliphatic rings. The number of benzene rings is 2. The van der Waals surface area contributed by atoms with Gasteiger partial charge in [0.2, 0.25) is 0 Å². The molecule has 120 valence electrons. The second kappa shape index (κ2) is 6.33. The number of aryl methyl sites for hydroxylation is 1.